The molecule has 0 radical (unpaired) electrons. The molecule has 26 aromatic rings. The molecule has 1 aliphatic carbocycles. The van der Waals surface area contributed by atoms with E-state index in [1.807, 2.05) is 127 Å². The number of para-hydroxylation sites is 6. The Morgan fingerprint density at radius 1 is 0.185 bits per heavy atom. The van der Waals surface area contributed by atoms with Crippen molar-refractivity contribution >= 4 is 153 Å². The van der Waals surface area contributed by atoms with Crippen LogP contribution in [0.2, 0.25) is 0 Å². The van der Waals surface area contributed by atoms with E-state index in [0.717, 1.165) is 127 Å². The Morgan fingerprint density at radius 3 is 1.22 bits per heavy atom. The van der Waals surface area contributed by atoms with Gasteiger partial charge in [0.2, 0.25) is 0 Å². The number of hydrogen-bond acceptors (Lipinski definition) is 7. The van der Waals surface area contributed by atoms with E-state index in [2.05, 4.69) is 319 Å². The van der Waals surface area contributed by atoms with E-state index >= 15 is 0 Å². The van der Waals surface area contributed by atoms with Crippen LogP contribution < -0.4 is 16.9 Å². The second-order valence-corrected chi connectivity index (χ2v) is 34.3. The van der Waals surface area contributed by atoms with Crippen LogP contribution in [0.1, 0.15) is 25.0 Å². The molecule has 27 rings (SSSR count). The molecule has 0 aliphatic heterocycles. The fourth-order valence-electron chi connectivity index (χ4n) is 20.6. The Kier molecular flexibility index (Phi) is 17.2. The minimum absolute atomic E-state index is 0.125. The van der Waals surface area contributed by atoms with Gasteiger partial charge in [0.25, 0.3) is 0 Å². The van der Waals surface area contributed by atoms with Gasteiger partial charge in [0.15, 0.2) is 0 Å². The zero-order chi connectivity index (χ0) is 86.6. The molecule has 612 valence electrons. The fourth-order valence-corrected chi connectivity index (χ4v) is 20.6. The van der Waals surface area contributed by atoms with Gasteiger partial charge in [-0.2, -0.15) is 0 Å². The molecule has 0 amide bonds. The lowest BCUT2D eigenvalue weighted by atomic mass is 9.82. The summed E-state index contributed by atoms with van der Waals surface area (Å²) in [6.07, 6.45) is 0. The van der Waals surface area contributed by atoms with Crippen LogP contribution in [-0.4, -0.2) is 13.7 Å². The van der Waals surface area contributed by atoms with Crippen LogP contribution >= 0.6 is 0 Å². The highest BCUT2D eigenvalue weighted by atomic mass is 16.4. The predicted molar refractivity (Wildman–Crippen MR) is 535 cm³/mol. The smallest absolute Gasteiger partial charge is 0.344 e. The molecule has 10 heteroatoms. The third kappa shape index (κ3) is 12.1. The normalized spacial score (nSPS) is 12.4. The maximum absolute atomic E-state index is 13.8. The monoisotopic (exact) mass is 1670 g/mol. The van der Waals surface area contributed by atoms with E-state index < -0.39 is 0 Å². The Hall–Kier alpha value is -17.2. The van der Waals surface area contributed by atoms with Gasteiger partial charge in [0, 0.05) is 87.1 Å². The van der Waals surface area contributed by atoms with Gasteiger partial charge in [0.1, 0.15) is 27.9 Å². The van der Waals surface area contributed by atoms with Gasteiger partial charge in [-0.3, -0.25) is 0 Å². The van der Waals surface area contributed by atoms with Crippen LogP contribution in [0, 0.1) is 0 Å². The van der Waals surface area contributed by atoms with Crippen LogP contribution in [0.3, 0.4) is 0 Å². The molecule has 0 atom stereocenters. The minimum atomic E-state index is -0.350. The lowest BCUT2D eigenvalue weighted by Gasteiger charge is -2.21. The summed E-state index contributed by atoms with van der Waals surface area (Å²) in [5.74, 6) is 0. The first-order valence-electron chi connectivity index (χ1n) is 43.8. The summed E-state index contributed by atoms with van der Waals surface area (Å²) in [7, 11) is 0. The number of benzene rings is 19. The maximum Gasteiger partial charge on any atom is 0.344 e. The minimum Gasteiger partial charge on any atom is -0.456 e. The number of fused-ring (bicyclic) bond motifs is 24. The van der Waals surface area contributed by atoms with Gasteiger partial charge >= 0.3 is 16.9 Å². The number of aromatic nitrogens is 3. The average Bonchev–Trinajstić information content (AvgIpc) is 1.55. The van der Waals surface area contributed by atoms with Crippen molar-refractivity contribution in [1.82, 2.24) is 13.7 Å². The van der Waals surface area contributed by atoms with E-state index in [1.165, 1.54) is 87.9 Å². The highest BCUT2D eigenvalue weighted by Crippen LogP contribution is 2.52. The molecule has 0 N–H and O–H groups in total. The first-order valence-corrected chi connectivity index (χ1v) is 43.8. The topological polar surface area (TPSA) is 119 Å². The molecule has 1 aliphatic rings. The van der Waals surface area contributed by atoms with Crippen molar-refractivity contribution in [1.29, 1.82) is 0 Å². The van der Waals surface area contributed by atoms with Crippen LogP contribution in [0.25, 0.3) is 236 Å². The van der Waals surface area contributed by atoms with Crippen LogP contribution in [-0.2, 0) is 5.41 Å². The summed E-state index contributed by atoms with van der Waals surface area (Å²) in [4.78, 5) is 39.5. The summed E-state index contributed by atoms with van der Waals surface area (Å²) in [6, 6.07) is 145. The zero-order valence-corrected chi connectivity index (χ0v) is 70.5. The SMILES string of the molecule is CC1(C)c2ccccc2-c2cc3c4ccccc4n(-c4ccc5c(c4)c(=O)oc4cc(-c6cccc7oc8ccccc8c67)ccc45)c3cc21.O=c1oc2ccccc2c2ccc(-c3ccc(-n4c5ccccc5c5c(-c6ccccc6)cccc54)cc3)cc12.O=c1oc2ccccc2c2ccc(-c3ccc4c(c3)c3cc(-c5ccccc5)ccc3n4-c3ccccc3)cc12. The number of hydrogen-bond donors (Lipinski definition) is 0. The highest BCUT2D eigenvalue weighted by Gasteiger charge is 2.36. The van der Waals surface area contributed by atoms with Crippen molar-refractivity contribution in [3.63, 3.8) is 0 Å². The van der Waals surface area contributed by atoms with E-state index in [-0.39, 0.29) is 22.3 Å². The van der Waals surface area contributed by atoms with Crippen molar-refractivity contribution in [2.24, 2.45) is 0 Å². The molecule has 130 heavy (non-hydrogen) atoms. The standard InChI is InChI=1S/C46H29NO3.2C37H23NO2/c1-46(2)37-14-6-3-10-30(37)34-24-35-31-11-4-7-15-39(31)47(40(35)25-38(34)46)27-19-21-29-32-20-18-26(22-43(32)50-45(48)36(29)23-27)28-13-9-17-42-44(28)33-12-5-8-16-41(33)49-42;39-37-33-23-26(15-18-29(33)30-13-7-8-14-36(30)40-37)27-17-20-35-32(22-27)31-21-25(24-9-3-1-4-10-24)16-19-34(31)38(35)28-11-5-2-6-12-28;39-37-32-23-26(19-22-29(32)30-11-5-7-16-35(30)40-37)24-17-20-27(21-18-24)38-33-14-6-4-12-31(33)36-28(13-8-15-34(36)38)25-9-2-1-3-10-25/h3-25H,1-2H3;2*1-23H. The lowest BCUT2D eigenvalue weighted by Crippen LogP contribution is -2.15. The van der Waals surface area contributed by atoms with E-state index in [1.54, 1.807) is 0 Å². The van der Waals surface area contributed by atoms with E-state index in [4.69, 9.17) is 17.7 Å². The third-order valence-electron chi connectivity index (χ3n) is 26.7. The first-order chi connectivity index (χ1) is 64.0. The largest absolute Gasteiger partial charge is 0.456 e. The van der Waals surface area contributed by atoms with Crippen LogP contribution in [0.15, 0.2) is 451 Å². The summed E-state index contributed by atoms with van der Waals surface area (Å²) >= 11 is 0. The van der Waals surface area contributed by atoms with Crippen LogP contribution in [0.4, 0.5) is 0 Å². The second kappa shape index (κ2) is 29.7. The Bertz CT molecular complexity index is 9410. The molecule has 0 saturated carbocycles. The van der Waals surface area contributed by atoms with Gasteiger partial charge in [-0.25, -0.2) is 14.4 Å². The number of furan rings is 1. The number of rotatable bonds is 8. The molecule has 7 heterocycles. The average molecular weight is 1670 g/mol. The van der Waals surface area contributed by atoms with Crippen molar-refractivity contribution in [3.8, 4) is 83.8 Å². The molecule has 0 unspecified atom stereocenters. The van der Waals surface area contributed by atoms with E-state index in [9.17, 15) is 14.4 Å². The molecular weight excluding hydrogens is 1600 g/mol. The van der Waals surface area contributed by atoms with Gasteiger partial charge < -0.3 is 31.4 Å². The summed E-state index contributed by atoms with van der Waals surface area (Å²) in [6.45, 7) is 4.62. The molecule has 0 fully saturated rings. The van der Waals surface area contributed by atoms with Crippen molar-refractivity contribution in [3.05, 3.63) is 461 Å². The summed E-state index contributed by atoms with van der Waals surface area (Å²) < 4.78 is 30.4. The molecule has 19 aromatic carbocycles. The van der Waals surface area contributed by atoms with Gasteiger partial charge in [0.05, 0.1) is 49.3 Å². The zero-order valence-electron chi connectivity index (χ0n) is 70.5. The lowest BCUT2D eigenvalue weighted by molar-refractivity contribution is 0.569. The molecule has 0 bridgehead atoms. The molecule has 0 spiro atoms. The molecule has 0 saturated heterocycles. The molecule has 10 nitrogen and oxygen atoms in total. The maximum atomic E-state index is 13.8. The quantitative estimate of drug-likeness (QED) is 0.110. The van der Waals surface area contributed by atoms with Gasteiger partial charge in [-0.15, -0.1) is 0 Å². The van der Waals surface area contributed by atoms with Gasteiger partial charge in [-0.1, -0.05) is 293 Å². The Morgan fingerprint density at radius 2 is 0.569 bits per heavy atom. The Balaban J connectivity index is 0.000000106. The second-order valence-electron chi connectivity index (χ2n) is 34.3. The first kappa shape index (κ1) is 75.3. The molecule has 7 aromatic heterocycles. The highest BCUT2D eigenvalue weighted by molar-refractivity contribution is 6.19. The fraction of sp³-hybridized carbons (Fsp3) is 0.0250. The summed E-state index contributed by atoms with van der Waals surface area (Å²) in [5.41, 5.74) is 28.5. The number of nitrogens with zero attached hydrogens (tertiary/aromatic N) is 3. The van der Waals surface area contributed by atoms with Crippen LogP contribution in [0.5, 0.6) is 0 Å². The van der Waals surface area contributed by atoms with E-state index in [0.29, 0.717) is 32.9 Å². The predicted octanol–water partition coefficient (Wildman–Crippen LogP) is 30.7. The van der Waals surface area contributed by atoms with Crippen molar-refractivity contribution < 1.29 is 17.7 Å². The third-order valence-corrected chi connectivity index (χ3v) is 26.7. The van der Waals surface area contributed by atoms with Gasteiger partial charge in [-0.05, 0) is 228 Å². The molecular formula is C120H75N3O7. The van der Waals surface area contributed by atoms with Crippen molar-refractivity contribution in [2.75, 3.05) is 0 Å². The van der Waals surface area contributed by atoms with Crippen molar-refractivity contribution in [2.45, 2.75) is 19.3 Å². The summed E-state index contributed by atoms with van der Waals surface area (Å²) in [5, 5.41) is 16.6. The Labute approximate surface area is 743 Å².